The van der Waals surface area contributed by atoms with Crippen molar-refractivity contribution >= 4 is 29.3 Å². The highest BCUT2D eigenvalue weighted by Crippen LogP contribution is 2.24. The number of ether oxygens (including phenoxy) is 1. The molecular weight excluding hydrogens is 394 g/mol. The van der Waals surface area contributed by atoms with Crippen LogP contribution in [0.3, 0.4) is 0 Å². The minimum atomic E-state index is -1.03. The van der Waals surface area contributed by atoms with Crippen LogP contribution in [-0.4, -0.2) is 37.5 Å². The van der Waals surface area contributed by atoms with Gasteiger partial charge in [0.2, 0.25) is 0 Å². The third-order valence-electron chi connectivity index (χ3n) is 4.27. The minimum absolute atomic E-state index is 0.0726. The molecule has 29 heavy (non-hydrogen) atoms. The summed E-state index contributed by atoms with van der Waals surface area (Å²) in [6, 6.07) is 10.9. The number of hydrogen-bond acceptors (Lipinski definition) is 5. The van der Waals surface area contributed by atoms with E-state index in [1.54, 1.807) is 23.9 Å². The van der Waals surface area contributed by atoms with E-state index in [2.05, 4.69) is 15.5 Å². The van der Waals surface area contributed by atoms with E-state index in [-0.39, 0.29) is 16.8 Å². The van der Waals surface area contributed by atoms with E-state index in [1.807, 2.05) is 44.2 Å². The molecular formula is C20H22ClN5O3. The first kappa shape index (κ1) is 20.6. The number of rotatable bonds is 6. The zero-order chi connectivity index (χ0) is 21.1. The highest BCUT2D eigenvalue weighted by Gasteiger charge is 2.26. The molecule has 0 spiro atoms. The Morgan fingerprint density at radius 3 is 2.48 bits per heavy atom. The van der Waals surface area contributed by atoms with Crippen LogP contribution < -0.4 is 5.32 Å². The second-order valence-electron chi connectivity index (χ2n) is 6.79. The SMILES string of the molecule is Cc1nn(-c2ccccc2)c(Cl)c1C(=O)O[C@H](C)C(=O)Nc1ccnn1C(C)C. The fraction of sp³-hybridized carbons (Fsp3) is 0.300. The van der Waals surface area contributed by atoms with Crippen LogP contribution in [0.2, 0.25) is 5.15 Å². The Morgan fingerprint density at radius 1 is 1.14 bits per heavy atom. The number of halogens is 1. The van der Waals surface area contributed by atoms with Gasteiger partial charge in [0.15, 0.2) is 6.10 Å². The number of benzene rings is 1. The number of esters is 1. The molecule has 0 saturated carbocycles. The fourth-order valence-electron chi connectivity index (χ4n) is 2.80. The van der Waals surface area contributed by atoms with Gasteiger partial charge in [-0.1, -0.05) is 29.8 Å². The maximum atomic E-state index is 12.7. The van der Waals surface area contributed by atoms with Gasteiger partial charge in [0.05, 0.1) is 17.6 Å². The van der Waals surface area contributed by atoms with Crippen LogP contribution in [0.25, 0.3) is 5.69 Å². The number of anilines is 1. The lowest BCUT2D eigenvalue weighted by molar-refractivity contribution is -0.123. The lowest BCUT2D eigenvalue weighted by atomic mass is 10.2. The topological polar surface area (TPSA) is 91.0 Å². The smallest absolute Gasteiger partial charge is 0.344 e. The van der Waals surface area contributed by atoms with Crippen molar-refractivity contribution in [2.24, 2.45) is 0 Å². The number of nitrogens with zero attached hydrogens (tertiary/aromatic N) is 4. The van der Waals surface area contributed by atoms with E-state index in [0.29, 0.717) is 17.2 Å². The molecule has 2 aromatic heterocycles. The van der Waals surface area contributed by atoms with E-state index >= 15 is 0 Å². The Labute approximate surface area is 173 Å². The van der Waals surface area contributed by atoms with Crippen molar-refractivity contribution in [2.45, 2.75) is 39.8 Å². The molecule has 1 atom stereocenters. The predicted octanol–water partition coefficient (Wildman–Crippen LogP) is 3.80. The van der Waals surface area contributed by atoms with Crippen molar-refractivity contribution in [1.29, 1.82) is 0 Å². The molecule has 0 bridgehead atoms. The standard InChI is InChI=1S/C20H22ClN5O3/c1-12(2)25-16(10-11-22-25)23-19(27)14(4)29-20(28)17-13(3)24-26(18(17)21)15-8-6-5-7-9-15/h5-12,14H,1-4H3,(H,23,27)/t14-/m1/s1. The third-order valence-corrected chi connectivity index (χ3v) is 4.62. The summed E-state index contributed by atoms with van der Waals surface area (Å²) < 4.78 is 8.46. The second-order valence-corrected chi connectivity index (χ2v) is 7.15. The van der Waals surface area contributed by atoms with Crippen LogP contribution in [0.15, 0.2) is 42.6 Å². The van der Waals surface area contributed by atoms with Crippen LogP contribution in [0, 0.1) is 6.92 Å². The van der Waals surface area contributed by atoms with Gasteiger partial charge in [-0.2, -0.15) is 10.2 Å². The summed E-state index contributed by atoms with van der Waals surface area (Å²) in [5.41, 5.74) is 1.25. The van der Waals surface area contributed by atoms with E-state index in [1.165, 1.54) is 11.6 Å². The largest absolute Gasteiger partial charge is 0.449 e. The summed E-state index contributed by atoms with van der Waals surface area (Å²) in [5.74, 6) is -0.654. The highest BCUT2D eigenvalue weighted by atomic mass is 35.5. The van der Waals surface area contributed by atoms with E-state index < -0.39 is 18.0 Å². The van der Waals surface area contributed by atoms with Gasteiger partial charge in [-0.15, -0.1) is 0 Å². The van der Waals surface area contributed by atoms with Gasteiger partial charge in [-0.3, -0.25) is 4.79 Å². The number of aromatic nitrogens is 4. The van der Waals surface area contributed by atoms with Gasteiger partial charge in [0.1, 0.15) is 16.5 Å². The molecule has 2 heterocycles. The maximum Gasteiger partial charge on any atom is 0.344 e. The summed E-state index contributed by atoms with van der Waals surface area (Å²) in [4.78, 5) is 25.1. The first-order chi connectivity index (χ1) is 13.8. The van der Waals surface area contributed by atoms with Crippen molar-refractivity contribution in [3.63, 3.8) is 0 Å². The van der Waals surface area contributed by atoms with E-state index in [4.69, 9.17) is 16.3 Å². The zero-order valence-electron chi connectivity index (χ0n) is 16.6. The van der Waals surface area contributed by atoms with Crippen LogP contribution in [0.1, 0.15) is 42.9 Å². The summed E-state index contributed by atoms with van der Waals surface area (Å²) >= 11 is 6.38. The highest BCUT2D eigenvalue weighted by molar-refractivity contribution is 6.33. The molecule has 0 aliphatic carbocycles. The first-order valence-electron chi connectivity index (χ1n) is 9.15. The molecule has 1 N–H and O–H groups in total. The molecule has 8 nitrogen and oxygen atoms in total. The van der Waals surface area contributed by atoms with Crippen LogP contribution in [0.4, 0.5) is 5.82 Å². The molecule has 152 valence electrons. The minimum Gasteiger partial charge on any atom is -0.449 e. The van der Waals surface area contributed by atoms with Gasteiger partial charge in [0.25, 0.3) is 5.91 Å². The number of amides is 1. The Bertz CT molecular complexity index is 1030. The second kappa shape index (κ2) is 8.48. The molecule has 0 fully saturated rings. The Hall–Kier alpha value is -3.13. The average molecular weight is 416 g/mol. The van der Waals surface area contributed by atoms with Gasteiger partial charge >= 0.3 is 5.97 Å². The molecule has 9 heteroatoms. The monoisotopic (exact) mass is 415 g/mol. The molecule has 0 aliphatic heterocycles. The van der Waals surface area contributed by atoms with Gasteiger partial charge in [-0.25, -0.2) is 14.2 Å². The molecule has 1 aromatic carbocycles. The lowest BCUT2D eigenvalue weighted by Gasteiger charge is -2.15. The molecule has 0 aliphatic rings. The lowest BCUT2D eigenvalue weighted by Crippen LogP contribution is -2.31. The number of aryl methyl sites for hydroxylation is 1. The molecule has 0 radical (unpaired) electrons. The summed E-state index contributed by atoms with van der Waals surface area (Å²) in [5, 5.41) is 11.3. The van der Waals surface area contributed by atoms with E-state index in [9.17, 15) is 9.59 Å². The van der Waals surface area contributed by atoms with Crippen molar-refractivity contribution in [3.05, 3.63) is 59.0 Å². The normalized spacial score (nSPS) is 12.1. The average Bonchev–Trinajstić information content (AvgIpc) is 3.26. The molecule has 3 aromatic rings. The quantitative estimate of drug-likeness (QED) is 0.618. The van der Waals surface area contributed by atoms with Crippen molar-refractivity contribution in [2.75, 3.05) is 5.32 Å². The summed E-state index contributed by atoms with van der Waals surface area (Å²) in [6.45, 7) is 7.05. The Morgan fingerprint density at radius 2 is 1.83 bits per heavy atom. The molecule has 1 amide bonds. The number of carbonyl (C=O) groups is 2. The number of hydrogen-bond donors (Lipinski definition) is 1. The molecule has 0 saturated heterocycles. The van der Waals surface area contributed by atoms with Gasteiger partial charge in [-0.05, 0) is 39.8 Å². The van der Waals surface area contributed by atoms with Crippen LogP contribution >= 0.6 is 11.6 Å². The van der Waals surface area contributed by atoms with Crippen molar-refractivity contribution < 1.29 is 14.3 Å². The zero-order valence-corrected chi connectivity index (χ0v) is 17.3. The van der Waals surface area contributed by atoms with Crippen LogP contribution in [-0.2, 0) is 9.53 Å². The summed E-state index contributed by atoms with van der Waals surface area (Å²) in [6.07, 6.45) is 0.557. The maximum absolute atomic E-state index is 12.7. The Balaban J connectivity index is 1.74. The van der Waals surface area contributed by atoms with Gasteiger partial charge < -0.3 is 10.1 Å². The number of nitrogens with one attached hydrogen (secondary N) is 1. The predicted molar refractivity (Wildman–Crippen MR) is 109 cm³/mol. The fourth-order valence-corrected chi connectivity index (χ4v) is 3.15. The molecule has 3 rings (SSSR count). The number of carbonyl (C=O) groups excluding carboxylic acids is 2. The molecule has 0 unspecified atom stereocenters. The van der Waals surface area contributed by atoms with Crippen LogP contribution in [0.5, 0.6) is 0 Å². The summed E-state index contributed by atoms with van der Waals surface area (Å²) in [7, 11) is 0. The third kappa shape index (κ3) is 4.32. The first-order valence-corrected chi connectivity index (χ1v) is 9.53. The van der Waals surface area contributed by atoms with Crippen molar-refractivity contribution in [1.82, 2.24) is 19.6 Å². The van der Waals surface area contributed by atoms with E-state index in [0.717, 1.165) is 0 Å². The van der Waals surface area contributed by atoms with Gasteiger partial charge in [0, 0.05) is 12.1 Å². The Kier molecular flexibility index (Phi) is 6.03. The number of para-hydroxylation sites is 1. The van der Waals surface area contributed by atoms with Crippen molar-refractivity contribution in [3.8, 4) is 5.69 Å².